The third kappa shape index (κ3) is 2.90. The molecule has 0 aliphatic carbocycles. The van der Waals surface area contributed by atoms with E-state index in [2.05, 4.69) is 16.1 Å². The van der Waals surface area contributed by atoms with Gasteiger partial charge in [-0.1, -0.05) is 0 Å². The summed E-state index contributed by atoms with van der Waals surface area (Å²) in [6.45, 7) is 1.88. The van der Waals surface area contributed by atoms with Crippen molar-refractivity contribution in [2.45, 2.75) is 24.9 Å². The van der Waals surface area contributed by atoms with Gasteiger partial charge in [-0.05, 0) is 48.6 Å². The minimum Gasteiger partial charge on any atom is -0.493 e. The summed E-state index contributed by atoms with van der Waals surface area (Å²) in [5.41, 5.74) is 3.09. The zero-order chi connectivity index (χ0) is 20.7. The van der Waals surface area contributed by atoms with Crippen molar-refractivity contribution in [1.82, 2.24) is 19.5 Å². The van der Waals surface area contributed by atoms with E-state index in [0.717, 1.165) is 30.6 Å². The SMILES string of the molecule is COc1cc2c(cc1OC)C1(CCN(C(=O)c3cnn4cccnc34)CC1)OCC2. The summed E-state index contributed by atoms with van der Waals surface area (Å²) in [6, 6.07) is 5.89. The van der Waals surface area contributed by atoms with Crippen molar-refractivity contribution in [3.05, 3.63) is 53.5 Å². The molecule has 8 nitrogen and oxygen atoms in total. The van der Waals surface area contributed by atoms with Crippen LogP contribution in [-0.4, -0.2) is 59.3 Å². The Morgan fingerprint density at radius 2 is 1.93 bits per heavy atom. The highest BCUT2D eigenvalue weighted by atomic mass is 16.5. The molecule has 0 saturated carbocycles. The summed E-state index contributed by atoms with van der Waals surface area (Å²) < 4.78 is 19.0. The fourth-order valence-electron chi connectivity index (χ4n) is 4.62. The second-order valence-electron chi connectivity index (χ2n) is 7.70. The minimum atomic E-state index is -0.400. The van der Waals surface area contributed by atoms with Gasteiger partial charge in [0.1, 0.15) is 5.56 Å². The number of rotatable bonds is 3. The number of likely N-dealkylation sites (tertiary alicyclic amines) is 1. The molecule has 0 bridgehead atoms. The van der Waals surface area contributed by atoms with Gasteiger partial charge in [0, 0.05) is 25.5 Å². The number of methoxy groups -OCH3 is 2. The minimum absolute atomic E-state index is 0.0399. The number of aromatic nitrogens is 3. The Hall–Kier alpha value is -3.13. The van der Waals surface area contributed by atoms with Gasteiger partial charge in [0.25, 0.3) is 5.91 Å². The highest BCUT2D eigenvalue weighted by Crippen LogP contribution is 2.45. The lowest BCUT2D eigenvalue weighted by Gasteiger charge is -2.45. The Bertz CT molecular complexity index is 1100. The van der Waals surface area contributed by atoms with Gasteiger partial charge < -0.3 is 19.1 Å². The molecule has 3 aromatic rings. The van der Waals surface area contributed by atoms with Crippen LogP contribution in [0.1, 0.15) is 34.3 Å². The van der Waals surface area contributed by atoms with Crippen molar-refractivity contribution in [3.63, 3.8) is 0 Å². The monoisotopic (exact) mass is 408 g/mol. The summed E-state index contributed by atoms with van der Waals surface area (Å²) in [7, 11) is 3.30. The molecule has 0 radical (unpaired) electrons. The van der Waals surface area contributed by atoms with Crippen LogP contribution in [0.15, 0.2) is 36.8 Å². The quantitative estimate of drug-likeness (QED) is 0.663. The molecule has 1 saturated heterocycles. The number of nitrogens with zero attached hydrogens (tertiary/aromatic N) is 4. The van der Waals surface area contributed by atoms with Gasteiger partial charge in [0.2, 0.25) is 0 Å². The summed E-state index contributed by atoms with van der Waals surface area (Å²) in [5.74, 6) is 1.40. The maximum Gasteiger partial charge on any atom is 0.259 e. The Morgan fingerprint density at radius 1 is 1.17 bits per heavy atom. The van der Waals surface area contributed by atoms with E-state index < -0.39 is 5.60 Å². The Kier molecular flexibility index (Phi) is 4.58. The zero-order valence-corrected chi connectivity index (χ0v) is 17.1. The van der Waals surface area contributed by atoms with Gasteiger partial charge in [-0.2, -0.15) is 5.10 Å². The van der Waals surface area contributed by atoms with Crippen LogP contribution in [0.2, 0.25) is 0 Å². The molecular formula is C22H24N4O4. The Balaban J connectivity index is 1.40. The van der Waals surface area contributed by atoms with Gasteiger partial charge in [0.15, 0.2) is 17.1 Å². The molecule has 1 fully saturated rings. The Labute approximate surface area is 174 Å². The number of amides is 1. The fourth-order valence-corrected chi connectivity index (χ4v) is 4.62. The molecular weight excluding hydrogens is 384 g/mol. The van der Waals surface area contributed by atoms with E-state index in [-0.39, 0.29) is 5.91 Å². The predicted octanol–water partition coefficient (Wildman–Crippen LogP) is 2.45. The smallest absolute Gasteiger partial charge is 0.259 e. The fraction of sp³-hybridized carbons (Fsp3) is 0.409. The molecule has 2 aliphatic heterocycles. The molecule has 1 spiro atoms. The summed E-state index contributed by atoms with van der Waals surface area (Å²) in [4.78, 5) is 19.3. The molecule has 156 valence electrons. The molecule has 1 aromatic carbocycles. The van der Waals surface area contributed by atoms with Crippen LogP contribution in [0, 0.1) is 0 Å². The lowest BCUT2D eigenvalue weighted by atomic mass is 9.79. The van der Waals surface area contributed by atoms with E-state index in [9.17, 15) is 4.79 Å². The zero-order valence-electron chi connectivity index (χ0n) is 17.1. The number of hydrogen-bond donors (Lipinski definition) is 0. The number of carbonyl (C=O) groups excluding carboxylic acids is 1. The van der Waals surface area contributed by atoms with Crippen LogP contribution in [0.25, 0.3) is 5.65 Å². The number of hydrogen-bond acceptors (Lipinski definition) is 6. The van der Waals surface area contributed by atoms with Gasteiger partial charge in [-0.15, -0.1) is 0 Å². The van der Waals surface area contributed by atoms with Crippen molar-refractivity contribution >= 4 is 11.6 Å². The summed E-state index contributed by atoms with van der Waals surface area (Å²) >= 11 is 0. The Morgan fingerprint density at radius 3 is 2.70 bits per heavy atom. The van der Waals surface area contributed by atoms with E-state index in [1.807, 2.05) is 11.0 Å². The number of ether oxygens (including phenoxy) is 3. The molecule has 1 amide bonds. The molecule has 4 heterocycles. The number of fused-ring (bicyclic) bond motifs is 3. The molecule has 30 heavy (non-hydrogen) atoms. The van der Waals surface area contributed by atoms with Crippen molar-refractivity contribution in [1.29, 1.82) is 0 Å². The van der Waals surface area contributed by atoms with Crippen LogP contribution in [0.5, 0.6) is 11.5 Å². The number of benzene rings is 1. The van der Waals surface area contributed by atoms with Gasteiger partial charge in [-0.25, -0.2) is 9.50 Å². The highest BCUT2D eigenvalue weighted by molar-refractivity contribution is 5.99. The van der Waals surface area contributed by atoms with Crippen LogP contribution >= 0.6 is 0 Å². The third-order valence-corrected chi connectivity index (χ3v) is 6.22. The normalized spacial score (nSPS) is 17.7. The van der Waals surface area contributed by atoms with Crippen LogP contribution in [-0.2, 0) is 16.8 Å². The summed E-state index contributed by atoms with van der Waals surface area (Å²) in [5, 5.41) is 4.24. The molecule has 0 atom stereocenters. The topological polar surface area (TPSA) is 78.2 Å². The maximum absolute atomic E-state index is 13.1. The predicted molar refractivity (Wildman–Crippen MR) is 109 cm³/mol. The van der Waals surface area contributed by atoms with E-state index in [4.69, 9.17) is 14.2 Å². The first kappa shape index (κ1) is 18.9. The average molecular weight is 408 g/mol. The molecule has 5 rings (SSSR count). The lowest BCUT2D eigenvalue weighted by molar-refractivity contribution is -0.0936. The van der Waals surface area contributed by atoms with Crippen molar-refractivity contribution < 1.29 is 19.0 Å². The first-order valence-electron chi connectivity index (χ1n) is 10.1. The molecule has 0 N–H and O–H groups in total. The van der Waals surface area contributed by atoms with Gasteiger partial charge in [0.05, 0.1) is 32.6 Å². The van der Waals surface area contributed by atoms with Gasteiger partial charge >= 0.3 is 0 Å². The number of carbonyl (C=O) groups is 1. The molecule has 8 heteroatoms. The third-order valence-electron chi connectivity index (χ3n) is 6.22. The molecule has 0 unspecified atom stereocenters. The number of piperidine rings is 1. The van der Waals surface area contributed by atoms with Crippen molar-refractivity contribution in [2.24, 2.45) is 0 Å². The van der Waals surface area contributed by atoms with Crippen LogP contribution in [0.3, 0.4) is 0 Å². The van der Waals surface area contributed by atoms with E-state index in [1.165, 1.54) is 5.56 Å². The highest BCUT2D eigenvalue weighted by Gasteiger charge is 2.42. The molecule has 2 aliphatic rings. The van der Waals surface area contributed by atoms with E-state index in [0.29, 0.717) is 36.7 Å². The van der Waals surface area contributed by atoms with Crippen LogP contribution in [0.4, 0.5) is 0 Å². The maximum atomic E-state index is 13.1. The standard InChI is InChI=1S/C22H24N4O4/c1-28-18-12-15-4-11-30-22(17(15)13-19(18)29-2)5-9-25(10-6-22)21(27)16-14-24-26-8-3-7-23-20(16)26/h3,7-8,12-14H,4-6,9-11H2,1-2H3. The first-order valence-corrected chi connectivity index (χ1v) is 10.1. The second-order valence-corrected chi connectivity index (χ2v) is 7.70. The molecule has 2 aromatic heterocycles. The summed E-state index contributed by atoms with van der Waals surface area (Å²) in [6.07, 6.45) is 7.36. The van der Waals surface area contributed by atoms with E-state index >= 15 is 0 Å². The average Bonchev–Trinajstić information content (AvgIpc) is 3.23. The second kappa shape index (κ2) is 7.28. The van der Waals surface area contributed by atoms with Crippen LogP contribution < -0.4 is 9.47 Å². The van der Waals surface area contributed by atoms with Gasteiger partial charge in [-0.3, -0.25) is 4.79 Å². The lowest BCUT2D eigenvalue weighted by Crippen LogP contribution is -2.48. The van der Waals surface area contributed by atoms with E-state index in [1.54, 1.807) is 43.4 Å². The van der Waals surface area contributed by atoms with Crippen molar-refractivity contribution in [3.8, 4) is 11.5 Å². The first-order chi connectivity index (χ1) is 14.6. The van der Waals surface area contributed by atoms with Crippen molar-refractivity contribution in [2.75, 3.05) is 33.9 Å². The largest absolute Gasteiger partial charge is 0.493 e.